The van der Waals surface area contributed by atoms with Gasteiger partial charge in [0.1, 0.15) is 11.3 Å². The molecule has 0 unspecified atom stereocenters. The van der Waals surface area contributed by atoms with Gasteiger partial charge < -0.3 is 14.8 Å². The smallest absolute Gasteiger partial charge is 0.307 e. The second-order valence-corrected chi connectivity index (χ2v) is 5.11. The molecule has 3 aromatic rings. The summed E-state index contributed by atoms with van der Waals surface area (Å²) < 4.78 is 10.1. The van der Waals surface area contributed by atoms with Crippen molar-refractivity contribution in [3.63, 3.8) is 0 Å². The highest BCUT2D eigenvalue weighted by molar-refractivity contribution is 6.09. The van der Waals surface area contributed by atoms with Crippen molar-refractivity contribution in [3.05, 3.63) is 42.5 Å². The van der Waals surface area contributed by atoms with Crippen LogP contribution in [0, 0.1) is 0 Å². The molecule has 0 aliphatic carbocycles. The van der Waals surface area contributed by atoms with Crippen LogP contribution in [0.5, 0.6) is 5.75 Å². The monoisotopic (exact) mass is 310 g/mol. The van der Waals surface area contributed by atoms with Crippen LogP contribution in [0.25, 0.3) is 21.8 Å². The molecule has 0 bridgehead atoms. The number of rotatable bonds is 5. The number of benzene rings is 2. The second kappa shape index (κ2) is 6.52. The molecule has 0 saturated heterocycles. The van der Waals surface area contributed by atoms with E-state index in [1.807, 2.05) is 42.5 Å². The number of aromatic nitrogens is 1. The number of pyridine rings is 1. The van der Waals surface area contributed by atoms with Gasteiger partial charge in [0.15, 0.2) is 0 Å². The molecule has 0 atom stereocenters. The van der Waals surface area contributed by atoms with Crippen molar-refractivity contribution in [2.75, 3.05) is 26.1 Å². The van der Waals surface area contributed by atoms with Gasteiger partial charge in [-0.15, -0.1) is 0 Å². The summed E-state index contributed by atoms with van der Waals surface area (Å²) in [5.74, 6) is 0.488. The summed E-state index contributed by atoms with van der Waals surface area (Å²) in [5.41, 5.74) is 2.63. The van der Waals surface area contributed by atoms with Crippen molar-refractivity contribution in [3.8, 4) is 5.75 Å². The molecular formula is C18H18N2O3. The molecule has 1 aromatic heterocycles. The third kappa shape index (κ3) is 2.90. The quantitative estimate of drug-likeness (QED) is 0.578. The summed E-state index contributed by atoms with van der Waals surface area (Å²) in [6.07, 6.45) is 0.304. The maximum absolute atomic E-state index is 11.3. The summed E-state index contributed by atoms with van der Waals surface area (Å²) in [5, 5.41) is 5.33. The van der Waals surface area contributed by atoms with E-state index >= 15 is 0 Å². The molecule has 1 N–H and O–H groups in total. The number of para-hydroxylation sites is 2. The standard InChI is InChI=1S/C18H18N2O3/c1-22-15-9-5-7-13-17(19-11-10-16(21)23-2)12-6-3-4-8-14(12)20-18(13)15/h3-9H,10-11H2,1-2H3,(H,19,20). The van der Waals surface area contributed by atoms with E-state index in [-0.39, 0.29) is 5.97 Å². The average Bonchev–Trinajstić information content (AvgIpc) is 2.60. The van der Waals surface area contributed by atoms with Crippen LogP contribution in [0.15, 0.2) is 42.5 Å². The van der Waals surface area contributed by atoms with Crippen molar-refractivity contribution in [1.82, 2.24) is 4.98 Å². The maximum atomic E-state index is 11.3. The number of esters is 1. The molecule has 3 rings (SSSR count). The summed E-state index contributed by atoms with van der Waals surface area (Å²) >= 11 is 0. The van der Waals surface area contributed by atoms with E-state index in [1.165, 1.54) is 7.11 Å². The van der Waals surface area contributed by atoms with Gasteiger partial charge in [-0.25, -0.2) is 4.98 Å². The van der Waals surface area contributed by atoms with E-state index in [1.54, 1.807) is 7.11 Å². The van der Waals surface area contributed by atoms with Gasteiger partial charge >= 0.3 is 5.97 Å². The highest BCUT2D eigenvalue weighted by Gasteiger charge is 2.12. The number of ether oxygens (including phenoxy) is 2. The number of carbonyl (C=O) groups is 1. The third-order valence-corrected chi connectivity index (χ3v) is 3.75. The van der Waals surface area contributed by atoms with E-state index < -0.39 is 0 Å². The first-order valence-electron chi connectivity index (χ1n) is 7.40. The normalized spacial score (nSPS) is 10.7. The number of nitrogens with one attached hydrogen (secondary N) is 1. The van der Waals surface area contributed by atoms with E-state index in [9.17, 15) is 4.79 Å². The highest BCUT2D eigenvalue weighted by Crippen LogP contribution is 2.34. The zero-order chi connectivity index (χ0) is 16.2. The minimum Gasteiger partial charge on any atom is -0.494 e. The number of anilines is 1. The molecule has 0 spiro atoms. The topological polar surface area (TPSA) is 60.5 Å². The Morgan fingerprint density at radius 3 is 2.65 bits per heavy atom. The molecule has 0 radical (unpaired) electrons. The lowest BCUT2D eigenvalue weighted by Crippen LogP contribution is -2.10. The number of hydrogen-bond acceptors (Lipinski definition) is 5. The lowest BCUT2D eigenvalue weighted by Gasteiger charge is -2.14. The average molecular weight is 310 g/mol. The summed E-state index contributed by atoms with van der Waals surface area (Å²) in [4.78, 5) is 16.0. The van der Waals surface area contributed by atoms with Gasteiger partial charge in [-0.1, -0.05) is 30.3 Å². The van der Waals surface area contributed by atoms with Gasteiger partial charge in [0.05, 0.1) is 31.8 Å². The van der Waals surface area contributed by atoms with Gasteiger partial charge in [-0.3, -0.25) is 4.79 Å². The van der Waals surface area contributed by atoms with Crippen molar-refractivity contribution >= 4 is 33.5 Å². The maximum Gasteiger partial charge on any atom is 0.307 e. The molecule has 5 heteroatoms. The Bertz CT molecular complexity index is 861. The highest BCUT2D eigenvalue weighted by atomic mass is 16.5. The molecule has 0 aliphatic heterocycles. The predicted molar refractivity (Wildman–Crippen MR) is 90.9 cm³/mol. The zero-order valence-corrected chi connectivity index (χ0v) is 13.1. The fourth-order valence-corrected chi connectivity index (χ4v) is 2.63. The fraction of sp³-hybridized carbons (Fsp3) is 0.222. The Kier molecular flexibility index (Phi) is 4.28. The molecule has 1 heterocycles. The lowest BCUT2D eigenvalue weighted by molar-refractivity contribution is -0.140. The first-order chi connectivity index (χ1) is 11.2. The first kappa shape index (κ1) is 15.1. The minimum atomic E-state index is -0.238. The van der Waals surface area contributed by atoms with Crippen molar-refractivity contribution in [2.24, 2.45) is 0 Å². The van der Waals surface area contributed by atoms with Crippen LogP contribution in [0.3, 0.4) is 0 Å². The lowest BCUT2D eigenvalue weighted by atomic mass is 10.1. The molecule has 2 aromatic carbocycles. The molecule has 0 aliphatic rings. The van der Waals surface area contributed by atoms with Gasteiger partial charge in [0.2, 0.25) is 0 Å². The largest absolute Gasteiger partial charge is 0.494 e. The van der Waals surface area contributed by atoms with Gasteiger partial charge in [0.25, 0.3) is 0 Å². The van der Waals surface area contributed by atoms with Crippen molar-refractivity contribution in [2.45, 2.75) is 6.42 Å². The Hall–Kier alpha value is -2.82. The van der Waals surface area contributed by atoms with Crippen LogP contribution in [-0.4, -0.2) is 31.7 Å². The zero-order valence-electron chi connectivity index (χ0n) is 13.1. The molecule has 0 fully saturated rings. The number of hydrogen-bond donors (Lipinski definition) is 1. The Morgan fingerprint density at radius 2 is 1.87 bits per heavy atom. The summed E-state index contributed by atoms with van der Waals surface area (Å²) in [6, 6.07) is 13.7. The van der Waals surface area contributed by atoms with Gasteiger partial charge in [0, 0.05) is 17.3 Å². The van der Waals surface area contributed by atoms with Gasteiger partial charge in [-0.05, 0) is 12.1 Å². The van der Waals surface area contributed by atoms with Crippen LogP contribution in [0.4, 0.5) is 5.69 Å². The van der Waals surface area contributed by atoms with Crippen LogP contribution < -0.4 is 10.1 Å². The predicted octanol–water partition coefficient (Wildman–Crippen LogP) is 3.37. The summed E-state index contributed by atoms with van der Waals surface area (Å²) in [6.45, 7) is 0.493. The number of fused-ring (bicyclic) bond motifs is 2. The van der Waals surface area contributed by atoms with Crippen LogP contribution >= 0.6 is 0 Å². The number of carbonyl (C=O) groups excluding carboxylic acids is 1. The van der Waals surface area contributed by atoms with Gasteiger partial charge in [-0.2, -0.15) is 0 Å². The van der Waals surface area contributed by atoms with E-state index in [0.717, 1.165) is 33.2 Å². The minimum absolute atomic E-state index is 0.238. The van der Waals surface area contributed by atoms with Crippen molar-refractivity contribution in [1.29, 1.82) is 0 Å². The Morgan fingerprint density at radius 1 is 1.09 bits per heavy atom. The van der Waals surface area contributed by atoms with E-state index in [2.05, 4.69) is 10.1 Å². The molecule has 118 valence electrons. The van der Waals surface area contributed by atoms with E-state index in [0.29, 0.717) is 13.0 Å². The molecular weight excluding hydrogens is 292 g/mol. The Labute approximate surface area is 134 Å². The SMILES string of the molecule is COC(=O)CCNc1c2ccccc2nc2c(OC)cccc12. The fourth-order valence-electron chi connectivity index (χ4n) is 2.63. The van der Waals surface area contributed by atoms with Crippen LogP contribution in [0.2, 0.25) is 0 Å². The Balaban J connectivity index is 2.12. The molecule has 23 heavy (non-hydrogen) atoms. The van der Waals surface area contributed by atoms with E-state index in [4.69, 9.17) is 9.72 Å². The number of methoxy groups -OCH3 is 2. The molecule has 0 saturated carbocycles. The van der Waals surface area contributed by atoms with Crippen molar-refractivity contribution < 1.29 is 14.3 Å². The van der Waals surface area contributed by atoms with Crippen LogP contribution in [-0.2, 0) is 9.53 Å². The molecule has 0 amide bonds. The third-order valence-electron chi connectivity index (χ3n) is 3.75. The second-order valence-electron chi connectivity index (χ2n) is 5.11. The number of nitrogens with zero attached hydrogens (tertiary/aromatic N) is 1. The van der Waals surface area contributed by atoms with Crippen LogP contribution in [0.1, 0.15) is 6.42 Å². The summed E-state index contributed by atoms with van der Waals surface area (Å²) in [7, 11) is 3.03. The first-order valence-corrected chi connectivity index (χ1v) is 7.40. The molecule has 5 nitrogen and oxygen atoms in total.